The minimum atomic E-state index is -3.83. The fourth-order valence-corrected chi connectivity index (χ4v) is 4.46. The third-order valence-electron chi connectivity index (χ3n) is 4.80. The summed E-state index contributed by atoms with van der Waals surface area (Å²) in [5.41, 5.74) is 2.37. The van der Waals surface area contributed by atoms with Crippen LogP contribution in [0.3, 0.4) is 0 Å². The van der Waals surface area contributed by atoms with E-state index in [1.54, 1.807) is 4.90 Å². The van der Waals surface area contributed by atoms with Gasteiger partial charge in [-0.1, -0.05) is 30.3 Å². The molecule has 6 nitrogen and oxygen atoms in total. The number of para-hydroxylation sites is 1. The molecule has 0 saturated heterocycles. The van der Waals surface area contributed by atoms with Gasteiger partial charge in [-0.15, -0.1) is 0 Å². The Bertz CT molecular complexity index is 983. The van der Waals surface area contributed by atoms with Crippen molar-refractivity contribution in [2.75, 3.05) is 18.5 Å². The van der Waals surface area contributed by atoms with E-state index in [0.29, 0.717) is 5.56 Å². The van der Waals surface area contributed by atoms with E-state index in [2.05, 4.69) is 0 Å². The van der Waals surface area contributed by atoms with Crippen molar-refractivity contribution in [3.05, 3.63) is 59.7 Å². The topological polar surface area (TPSA) is 74.8 Å². The molecule has 142 valence electrons. The highest BCUT2D eigenvalue weighted by atomic mass is 32.2. The van der Waals surface area contributed by atoms with Crippen molar-refractivity contribution in [3.63, 3.8) is 0 Å². The van der Waals surface area contributed by atoms with Crippen molar-refractivity contribution in [2.24, 2.45) is 0 Å². The highest BCUT2D eigenvalue weighted by Crippen LogP contribution is 2.32. The van der Waals surface area contributed by atoms with Crippen LogP contribution in [0.15, 0.2) is 53.4 Å². The summed E-state index contributed by atoms with van der Waals surface area (Å²) in [6, 6.07) is 13.4. The number of Topliss-reactive ketones (excluding diaryl/α,β-unsaturated/α-hetero) is 1. The molecule has 3 rings (SSSR count). The molecule has 0 saturated carbocycles. The molecule has 0 bridgehead atoms. The number of hydrogen-bond acceptors (Lipinski definition) is 4. The maximum atomic E-state index is 12.8. The van der Waals surface area contributed by atoms with Crippen LogP contribution in [0.25, 0.3) is 0 Å². The van der Waals surface area contributed by atoms with Gasteiger partial charge in [-0.05, 0) is 44.0 Å². The molecule has 1 aliphatic heterocycles. The standard InChI is InChI=1S/C20H22N2O4S/c1-14-12-17-6-4-5-7-19(17)22(14)20(24)13-21(3)27(25,26)18-10-8-16(9-11-18)15(2)23/h4-11,14H,12-13H2,1-3H3/t14-/m1/s1. The number of sulfonamides is 1. The van der Waals surface area contributed by atoms with Crippen molar-refractivity contribution >= 4 is 27.4 Å². The summed E-state index contributed by atoms with van der Waals surface area (Å²) in [5.74, 6) is -0.400. The van der Waals surface area contributed by atoms with E-state index in [0.717, 1.165) is 22.0 Å². The number of anilines is 1. The molecule has 1 aliphatic rings. The van der Waals surface area contributed by atoms with Gasteiger partial charge in [0.1, 0.15) is 0 Å². The van der Waals surface area contributed by atoms with Crippen LogP contribution in [0, 0.1) is 0 Å². The molecule has 0 fully saturated rings. The van der Waals surface area contributed by atoms with Gasteiger partial charge in [-0.25, -0.2) is 8.42 Å². The molecular weight excluding hydrogens is 364 g/mol. The predicted molar refractivity (Wildman–Crippen MR) is 103 cm³/mol. The maximum absolute atomic E-state index is 12.8. The Labute approximate surface area is 159 Å². The van der Waals surface area contributed by atoms with Crippen LogP contribution in [-0.4, -0.2) is 44.0 Å². The van der Waals surface area contributed by atoms with Crippen molar-refractivity contribution in [1.29, 1.82) is 0 Å². The number of amides is 1. The minimum Gasteiger partial charge on any atom is -0.308 e. The second-order valence-corrected chi connectivity index (χ2v) is 8.83. The summed E-state index contributed by atoms with van der Waals surface area (Å²) in [7, 11) is -2.44. The summed E-state index contributed by atoms with van der Waals surface area (Å²) in [5, 5.41) is 0. The summed E-state index contributed by atoms with van der Waals surface area (Å²) < 4.78 is 26.6. The third kappa shape index (κ3) is 3.65. The number of benzene rings is 2. The first-order chi connectivity index (χ1) is 12.7. The van der Waals surface area contributed by atoms with Gasteiger partial charge in [0, 0.05) is 24.3 Å². The molecule has 27 heavy (non-hydrogen) atoms. The lowest BCUT2D eigenvalue weighted by atomic mass is 10.1. The summed E-state index contributed by atoms with van der Waals surface area (Å²) in [6.07, 6.45) is 0.755. The first kappa shape index (κ1) is 19.3. The van der Waals surface area contributed by atoms with Gasteiger partial charge in [0.05, 0.1) is 11.4 Å². The van der Waals surface area contributed by atoms with Gasteiger partial charge >= 0.3 is 0 Å². The Hall–Kier alpha value is -2.51. The summed E-state index contributed by atoms with van der Waals surface area (Å²) >= 11 is 0. The quantitative estimate of drug-likeness (QED) is 0.740. The van der Waals surface area contributed by atoms with Gasteiger partial charge in [-0.3, -0.25) is 9.59 Å². The zero-order chi connectivity index (χ0) is 19.8. The lowest BCUT2D eigenvalue weighted by molar-refractivity contribution is -0.118. The lowest BCUT2D eigenvalue weighted by Gasteiger charge is -2.25. The predicted octanol–water partition coefficient (Wildman–Crippen LogP) is 2.49. The average Bonchev–Trinajstić information content (AvgIpc) is 2.97. The zero-order valence-corrected chi connectivity index (χ0v) is 16.4. The van der Waals surface area contributed by atoms with Gasteiger partial charge in [0.15, 0.2) is 5.78 Å². The van der Waals surface area contributed by atoms with Gasteiger partial charge in [0.25, 0.3) is 0 Å². The van der Waals surface area contributed by atoms with E-state index < -0.39 is 10.0 Å². The molecule has 1 amide bonds. The number of rotatable bonds is 5. The Morgan fingerprint density at radius 1 is 1.11 bits per heavy atom. The highest BCUT2D eigenvalue weighted by molar-refractivity contribution is 7.89. The average molecular weight is 386 g/mol. The Kier molecular flexibility index (Phi) is 5.17. The molecule has 1 atom stereocenters. The SMILES string of the molecule is CC(=O)c1ccc(S(=O)(=O)N(C)CC(=O)N2c3ccccc3C[C@H]2C)cc1. The number of carbonyl (C=O) groups is 2. The van der Waals surface area contributed by atoms with E-state index in [1.165, 1.54) is 38.2 Å². The van der Waals surface area contributed by atoms with Crippen LogP contribution >= 0.6 is 0 Å². The van der Waals surface area contributed by atoms with Crippen molar-refractivity contribution in [3.8, 4) is 0 Å². The molecule has 0 unspecified atom stereocenters. The van der Waals surface area contributed by atoms with Crippen LogP contribution < -0.4 is 4.90 Å². The fourth-order valence-electron chi connectivity index (χ4n) is 3.34. The van der Waals surface area contributed by atoms with Crippen molar-refractivity contribution in [2.45, 2.75) is 31.2 Å². The zero-order valence-electron chi connectivity index (χ0n) is 15.5. The number of likely N-dealkylation sites (N-methyl/N-ethyl adjacent to an activating group) is 1. The normalized spacial score (nSPS) is 16.4. The minimum absolute atomic E-state index is 0.0131. The summed E-state index contributed by atoms with van der Waals surface area (Å²) in [6.45, 7) is 3.12. The smallest absolute Gasteiger partial charge is 0.243 e. The van der Waals surface area contributed by atoms with Crippen LogP contribution in [0.5, 0.6) is 0 Å². The van der Waals surface area contributed by atoms with Crippen LogP contribution in [0.4, 0.5) is 5.69 Å². The molecular formula is C20H22N2O4S. The number of nitrogens with zero attached hydrogens (tertiary/aromatic N) is 2. The van der Waals surface area contributed by atoms with Gasteiger partial charge < -0.3 is 4.90 Å². The van der Waals surface area contributed by atoms with Crippen molar-refractivity contribution in [1.82, 2.24) is 4.31 Å². The number of ketones is 1. The number of hydrogen-bond donors (Lipinski definition) is 0. The number of carbonyl (C=O) groups excluding carboxylic acids is 2. The number of fused-ring (bicyclic) bond motifs is 1. The molecule has 2 aromatic carbocycles. The van der Waals surface area contributed by atoms with E-state index in [-0.39, 0.29) is 29.2 Å². The van der Waals surface area contributed by atoms with Crippen LogP contribution in [0.1, 0.15) is 29.8 Å². The van der Waals surface area contributed by atoms with E-state index in [9.17, 15) is 18.0 Å². The molecule has 1 heterocycles. The molecule has 7 heteroatoms. The molecule has 2 aromatic rings. The molecule has 0 radical (unpaired) electrons. The van der Waals surface area contributed by atoms with E-state index in [4.69, 9.17) is 0 Å². The largest absolute Gasteiger partial charge is 0.308 e. The Morgan fingerprint density at radius 2 is 1.74 bits per heavy atom. The summed E-state index contributed by atoms with van der Waals surface area (Å²) in [4.78, 5) is 25.9. The second-order valence-electron chi connectivity index (χ2n) is 6.79. The highest BCUT2D eigenvalue weighted by Gasteiger charge is 2.33. The molecule has 0 aromatic heterocycles. The Balaban J connectivity index is 1.79. The van der Waals surface area contributed by atoms with Crippen LogP contribution in [0.2, 0.25) is 0 Å². The molecule has 0 spiro atoms. The first-order valence-electron chi connectivity index (χ1n) is 8.69. The Morgan fingerprint density at radius 3 is 2.37 bits per heavy atom. The fraction of sp³-hybridized carbons (Fsp3) is 0.300. The molecule has 0 aliphatic carbocycles. The maximum Gasteiger partial charge on any atom is 0.243 e. The van der Waals surface area contributed by atoms with E-state index >= 15 is 0 Å². The van der Waals surface area contributed by atoms with E-state index in [1.807, 2.05) is 31.2 Å². The lowest BCUT2D eigenvalue weighted by Crippen LogP contribution is -2.43. The monoisotopic (exact) mass is 386 g/mol. The molecule has 0 N–H and O–H groups in total. The second kappa shape index (κ2) is 7.25. The van der Waals surface area contributed by atoms with Gasteiger partial charge in [0.2, 0.25) is 15.9 Å². The first-order valence-corrected chi connectivity index (χ1v) is 10.1. The van der Waals surface area contributed by atoms with Crippen LogP contribution in [-0.2, 0) is 21.2 Å². The van der Waals surface area contributed by atoms with Crippen molar-refractivity contribution < 1.29 is 18.0 Å². The van der Waals surface area contributed by atoms with Gasteiger partial charge in [-0.2, -0.15) is 4.31 Å². The third-order valence-corrected chi connectivity index (χ3v) is 6.62.